The number of carbonyl (C=O) groups excluding carboxylic acids is 2. The summed E-state index contributed by atoms with van der Waals surface area (Å²) in [4.78, 5) is 43.2. The zero-order chi connectivity index (χ0) is 22.1. The van der Waals surface area contributed by atoms with E-state index in [1.54, 1.807) is 18.2 Å². The van der Waals surface area contributed by atoms with Gasteiger partial charge >= 0.3 is 0 Å². The summed E-state index contributed by atoms with van der Waals surface area (Å²) in [5, 5.41) is 7.56. The van der Waals surface area contributed by atoms with Crippen LogP contribution in [0.25, 0.3) is 22.0 Å². The number of benzene rings is 3. The molecular weight excluding hydrogens is 408 g/mol. The molecule has 158 valence electrons. The first kappa shape index (κ1) is 19.5. The largest absolute Gasteiger partial charge is 0.482 e. The summed E-state index contributed by atoms with van der Waals surface area (Å²) >= 11 is 0. The van der Waals surface area contributed by atoms with Crippen LogP contribution in [0.2, 0.25) is 0 Å². The predicted molar refractivity (Wildman–Crippen MR) is 120 cm³/mol. The number of aromatic nitrogens is 2. The molecule has 0 bridgehead atoms. The molecule has 2 heterocycles. The van der Waals surface area contributed by atoms with Crippen LogP contribution >= 0.6 is 0 Å². The van der Waals surface area contributed by atoms with Crippen LogP contribution in [-0.4, -0.2) is 28.4 Å². The fourth-order valence-corrected chi connectivity index (χ4v) is 3.57. The monoisotopic (exact) mass is 426 g/mol. The van der Waals surface area contributed by atoms with Crippen molar-refractivity contribution in [2.75, 3.05) is 11.9 Å². The molecule has 0 radical (unpaired) electrons. The van der Waals surface area contributed by atoms with Gasteiger partial charge in [0, 0.05) is 18.2 Å². The van der Waals surface area contributed by atoms with Gasteiger partial charge in [-0.25, -0.2) is 4.98 Å². The number of carbonyl (C=O) groups is 2. The van der Waals surface area contributed by atoms with Gasteiger partial charge in [-0.2, -0.15) is 0 Å². The van der Waals surface area contributed by atoms with Gasteiger partial charge in [0.15, 0.2) is 12.4 Å². The van der Waals surface area contributed by atoms with Crippen LogP contribution in [-0.2, 0) is 11.3 Å². The van der Waals surface area contributed by atoms with Gasteiger partial charge in [-0.1, -0.05) is 42.5 Å². The molecular formula is C24H18N4O4. The third-order valence-corrected chi connectivity index (χ3v) is 5.13. The molecule has 1 aliphatic rings. The van der Waals surface area contributed by atoms with E-state index in [2.05, 4.69) is 20.6 Å². The summed E-state index contributed by atoms with van der Waals surface area (Å²) in [6.45, 7) is 0.168. The fraction of sp³-hybridized carbons (Fsp3) is 0.0833. The Kier molecular flexibility index (Phi) is 4.87. The molecule has 0 aliphatic carbocycles. The van der Waals surface area contributed by atoms with E-state index in [4.69, 9.17) is 4.74 Å². The second-order valence-corrected chi connectivity index (χ2v) is 7.39. The maximum absolute atomic E-state index is 12.7. The molecule has 1 aliphatic heterocycles. The molecule has 0 saturated heterocycles. The zero-order valence-electron chi connectivity index (χ0n) is 16.8. The quantitative estimate of drug-likeness (QED) is 0.464. The Bertz CT molecular complexity index is 1430. The molecule has 0 saturated carbocycles. The van der Waals surface area contributed by atoms with Gasteiger partial charge in [0.2, 0.25) is 0 Å². The highest BCUT2D eigenvalue weighted by atomic mass is 16.5. The SMILES string of the molecule is O=C1COc2ccc(CNC(=O)c3nc(-c4ccc5ccccc5c4)cc(=O)[nH]3)cc2N1. The molecule has 0 spiro atoms. The van der Waals surface area contributed by atoms with E-state index in [1.807, 2.05) is 42.5 Å². The highest BCUT2D eigenvalue weighted by molar-refractivity contribution is 5.95. The first-order valence-corrected chi connectivity index (χ1v) is 9.99. The van der Waals surface area contributed by atoms with Crippen molar-refractivity contribution >= 4 is 28.3 Å². The third kappa shape index (κ3) is 3.93. The van der Waals surface area contributed by atoms with E-state index in [-0.39, 0.29) is 24.9 Å². The molecule has 1 aromatic heterocycles. The van der Waals surface area contributed by atoms with Crippen LogP contribution in [0.15, 0.2) is 71.5 Å². The normalized spacial score (nSPS) is 12.6. The average Bonchev–Trinajstić information content (AvgIpc) is 2.81. The molecule has 8 nitrogen and oxygen atoms in total. The highest BCUT2D eigenvalue weighted by Crippen LogP contribution is 2.28. The van der Waals surface area contributed by atoms with Crippen LogP contribution in [0.5, 0.6) is 5.75 Å². The summed E-state index contributed by atoms with van der Waals surface area (Å²) in [6, 6.07) is 20.3. The molecule has 4 aromatic rings. The number of hydrogen-bond acceptors (Lipinski definition) is 5. The number of H-pyrrole nitrogens is 1. The number of amides is 2. The van der Waals surface area contributed by atoms with Gasteiger partial charge in [0.05, 0.1) is 11.4 Å². The standard InChI is InChI=1S/C24H18N4O4/c29-21-11-18(17-7-6-15-3-1-2-4-16(15)10-17)27-23(28-21)24(31)25-12-14-5-8-20-19(9-14)26-22(30)13-32-20/h1-11H,12-13H2,(H,25,31)(H,26,30)(H,27,28,29). The molecule has 3 aromatic carbocycles. The molecule has 2 amide bonds. The smallest absolute Gasteiger partial charge is 0.287 e. The lowest BCUT2D eigenvalue weighted by molar-refractivity contribution is -0.118. The van der Waals surface area contributed by atoms with Gasteiger partial charge in [-0.3, -0.25) is 14.4 Å². The number of nitrogens with zero attached hydrogens (tertiary/aromatic N) is 1. The molecule has 3 N–H and O–H groups in total. The number of anilines is 1. The van der Waals surface area contributed by atoms with Crippen molar-refractivity contribution in [3.63, 3.8) is 0 Å². The third-order valence-electron chi connectivity index (χ3n) is 5.13. The Morgan fingerprint density at radius 3 is 2.72 bits per heavy atom. The van der Waals surface area contributed by atoms with Crippen molar-refractivity contribution in [1.29, 1.82) is 0 Å². The van der Waals surface area contributed by atoms with Gasteiger partial charge in [-0.05, 0) is 34.5 Å². The Labute approximate surface area is 182 Å². The Morgan fingerprint density at radius 1 is 1.00 bits per heavy atom. The Hall–Kier alpha value is -4.46. The second kappa shape index (κ2) is 7.99. The zero-order valence-corrected chi connectivity index (χ0v) is 16.8. The van der Waals surface area contributed by atoms with Crippen molar-refractivity contribution < 1.29 is 14.3 Å². The first-order chi connectivity index (χ1) is 15.5. The van der Waals surface area contributed by atoms with Crippen molar-refractivity contribution in [2.24, 2.45) is 0 Å². The van der Waals surface area contributed by atoms with Crippen LogP contribution in [0, 0.1) is 0 Å². The van der Waals surface area contributed by atoms with Crippen molar-refractivity contribution in [3.05, 3.63) is 88.5 Å². The number of rotatable bonds is 4. The van der Waals surface area contributed by atoms with Gasteiger partial charge < -0.3 is 20.4 Å². The van der Waals surface area contributed by atoms with Crippen LogP contribution in [0.3, 0.4) is 0 Å². The predicted octanol–water partition coefficient (Wildman–Crippen LogP) is 2.85. The van der Waals surface area contributed by atoms with E-state index in [0.717, 1.165) is 21.9 Å². The van der Waals surface area contributed by atoms with Crippen LogP contribution in [0.1, 0.15) is 16.2 Å². The van der Waals surface area contributed by atoms with Gasteiger partial charge in [0.1, 0.15) is 5.75 Å². The van der Waals surface area contributed by atoms with Crippen molar-refractivity contribution in [3.8, 4) is 17.0 Å². The lowest BCUT2D eigenvalue weighted by atomic mass is 10.1. The number of nitrogens with one attached hydrogen (secondary N) is 3. The molecule has 5 rings (SSSR count). The maximum Gasteiger partial charge on any atom is 0.287 e. The topological polar surface area (TPSA) is 113 Å². The minimum atomic E-state index is -0.511. The molecule has 0 unspecified atom stereocenters. The summed E-state index contributed by atoms with van der Waals surface area (Å²) in [6.07, 6.45) is 0. The number of hydrogen-bond donors (Lipinski definition) is 3. The van der Waals surface area contributed by atoms with E-state index >= 15 is 0 Å². The lowest BCUT2D eigenvalue weighted by Crippen LogP contribution is -2.28. The number of ether oxygens (including phenoxy) is 1. The summed E-state index contributed by atoms with van der Waals surface area (Å²) in [7, 11) is 0. The Balaban J connectivity index is 1.36. The Morgan fingerprint density at radius 2 is 1.84 bits per heavy atom. The number of aromatic amines is 1. The fourth-order valence-electron chi connectivity index (χ4n) is 3.57. The van der Waals surface area contributed by atoms with Crippen LogP contribution in [0.4, 0.5) is 5.69 Å². The van der Waals surface area contributed by atoms with E-state index in [0.29, 0.717) is 17.1 Å². The highest BCUT2D eigenvalue weighted by Gasteiger charge is 2.17. The van der Waals surface area contributed by atoms with Gasteiger partial charge in [-0.15, -0.1) is 0 Å². The maximum atomic E-state index is 12.7. The molecule has 8 heteroatoms. The summed E-state index contributed by atoms with van der Waals surface area (Å²) < 4.78 is 5.33. The van der Waals surface area contributed by atoms with Crippen molar-refractivity contribution in [1.82, 2.24) is 15.3 Å². The molecule has 32 heavy (non-hydrogen) atoms. The number of fused-ring (bicyclic) bond motifs is 2. The second-order valence-electron chi connectivity index (χ2n) is 7.39. The van der Waals surface area contributed by atoms with Crippen molar-refractivity contribution in [2.45, 2.75) is 6.54 Å². The van der Waals surface area contributed by atoms with E-state index in [9.17, 15) is 14.4 Å². The summed E-state index contributed by atoms with van der Waals surface area (Å²) in [5.74, 6) is -0.238. The first-order valence-electron chi connectivity index (χ1n) is 9.99. The average molecular weight is 426 g/mol. The summed E-state index contributed by atoms with van der Waals surface area (Å²) in [5.41, 5.74) is 2.06. The minimum Gasteiger partial charge on any atom is -0.482 e. The van der Waals surface area contributed by atoms with Crippen LogP contribution < -0.4 is 20.9 Å². The van der Waals surface area contributed by atoms with Gasteiger partial charge in [0.25, 0.3) is 17.4 Å². The molecule has 0 atom stereocenters. The minimum absolute atomic E-state index is 0.0182. The van der Waals surface area contributed by atoms with E-state index in [1.165, 1.54) is 6.07 Å². The molecule has 0 fully saturated rings. The lowest BCUT2D eigenvalue weighted by Gasteiger charge is -2.18. The van der Waals surface area contributed by atoms with E-state index < -0.39 is 11.5 Å².